The van der Waals surface area contributed by atoms with Gasteiger partial charge in [0.15, 0.2) is 6.29 Å². The predicted molar refractivity (Wildman–Crippen MR) is 75.8 cm³/mol. The monoisotopic (exact) mass is 419 g/mol. The smallest absolute Gasteiger partial charge is 0.409 e. The number of nitrogens with zero attached hydrogens (tertiary/aromatic N) is 1. The summed E-state index contributed by atoms with van der Waals surface area (Å²) in [6, 6.07) is 5.34. The van der Waals surface area contributed by atoms with Gasteiger partial charge in [0.1, 0.15) is 5.75 Å². The average Bonchev–Trinajstić information content (AvgIpc) is 3.14. The molecule has 0 unspecified atom stereocenters. The Bertz CT molecular complexity index is 747. The lowest BCUT2D eigenvalue weighted by Crippen LogP contribution is -2.60. The first-order chi connectivity index (χ1) is 12.8. The molecule has 6 nitrogen and oxygen atoms in total. The zero-order chi connectivity index (χ0) is 21.3. The number of carbonyl (C=O) groups excluding carboxylic acids is 2. The molecule has 0 radical (unpaired) electrons. The van der Waals surface area contributed by atoms with Crippen LogP contribution in [0.4, 0.5) is 35.5 Å². The van der Waals surface area contributed by atoms with Crippen LogP contribution < -0.4 is 4.74 Å². The van der Waals surface area contributed by atoms with E-state index < -0.39 is 41.2 Å². The van der Waals surface area contributed by atoms with Crippen LogP contribution >= 0.6 is 0 Å². The maximum absolute atomic E-state index is 13.5. The van der Waals surface area contributed by atoms with E-state index in [0.29, 0.717) is 0 Å². The summed E-state index contributed by atoms with van der Waals surface area (Å²) in [5, 5.41) is 0. The van der Waals surface area contributed by atoms with E-state index in [1.807, 2.05) is 0 Å². The Morgan fingerprint density at radius 2 is 1.57 bits per heavy atom. The van der Waals surface area contributed by atoms with E-state index in [0.717, 1.165) is 6.07 Å². The van der Waals surface area contributed by atoms with Gasteiger partial charge >= 0.3 is 30.0 Å². The maximum atomic E-state index is 13.5. The van der Waals surface area contributed by atoms with E-state index in [4.69, 9.17) is 9.47 Å². The number of hydrogen-bond acceptors (Lipinski definition) is 5. The van der Waals surface area contributed by atoms with Crippen LogP contribution in [0.5, 0.6) is 5.75 Å². The van der Waals surface area contributed by atoms with Crippen molar-refractivity contribution < 1.29 is 54.5 Å². The number of para-hydroxylation sites is 1. The second-order valence-electron chi connectivity index (χ2n) is 5.49. The van der Waals surface area contributed by atoms with Crippen LogP contribution in [0.1, 0.15) is 11.9 Å². The number of benzene rings is 1. The minimum Gasteiger partial charge on any atom is -0.409 e. The minimum atomic E-state index is -6.72. The summed E-state index contributed by atoms with van der Waals surface area (Å²) in [4.78, 5) is 22.7. The summed E-state index contributed by atoms with van der Waals surface area (Å²) < 4.78 is 104. The van der Waals surface area contributed by atoms with E-state index >= 15 is 0 Å². The molecule has 1 fully saturated rings. The molecule has 1 aliphatic rings. The van der Waals surface area contributed by atoms with Crippen molar-refractivity contribution in [1.29, 1.82) is 0 Å². The molecule has 28 heavy (non-hydrogen) atoms. The van der Waals surface area contributed by atoms with Crippen LogP contribution in [0.3, 0.4) is 0 Å². The Morgan fingerprint density at radius 1 is 1.04 bits per heavy atom. The van der Waals surface area contributed by atoms with Crippen LogP contribution in [-0.4, -0.2) is 55.2 Å². The van der Waals surface area contributed by atoms with Gasteiger partial charge in [-0.25, -0.2) is 9.69 Å². The molecular formula is C15H12F7NO5. The first-order valence-corrected chi connectivity index (χ1v) is 7.45. The summed E-state index contributed by atoms with van der Waals surface area (Å²) >= 11 is 0. The third-order valence-corrected chi connectivity index (χ3v) is 3.59. The first kappa shape index (κ1) is 21.9. The topological polar surface area (TPSA) is 65.1 Å². The number of halogens is 7. The third-order valence-electron chi connectivity index (χ3n) is 3.59. The van der Waals surface area contributed by atoms with Crippen LogP contribution in [0.15, 0.2) is 24.3 Å². The van der Waals surface area contributed by atoms with Crippen molar-refractivity contribution in [2.75, 3.05) is 20.3 Å². The lowest BCUT2D eigenvalue weighted by Gasteiger charge is -2.29. The fraction of sp³-hybridized carbons (Fsp3) is 0.467. The highest BCUT2D eigenvalue weighted by Gasteiger charge is 2.77. The van der Waals surface area contributed by atoms with Crippen molar-refractivity contribution >= 4 is 12.0 Å². The Morgan fingerprint density at radius 3 is 2.11 bits per heavy atom. The van der Waals surface area contributed by atoms with E-state index in [1.165, 1.54) is 18.2 Å². The molecule has 0 N–H and O–H groups in total. The number of imide groups is 1. The summed E-state index contributed by atoms with van der Waals surface area (Å²) in [5.41, 5.74) is 0.113. The Hall–Kier alpha value is -2.41. The van der Waals surface area contributed by atoms with E-state index in [-0.39, 0.29) is 31.6 Å². The molecule has 0 atom stereocenters. The van der Waals surface area contributed by atoms with Crippen LogP contribution in [0.2, 0.25) is 0 Å². The summed E-state index contributed by atoms with van der Waals surface area (Å²) in [6.45, 7) is 0.397. The zero-order valence-electron chi connectivity index (χ0n) is 13.9. The second-order valence-corrected chi connectivity index (χ2v) is 5.49. The molecule has 1 heterocycles. The van der Waals surface area contributed by atoms with Gasteiger partial charge in [-0.15, -0.1) is 0 Å². The van der Waals surface area contributed by atoms with Crippen molar-refractivity contribution in [2.45, 2.75) is 24.3 Å². The molecule has 1 aromatic rings. The van der Waals surface area contributed by atoms with Crippen LogP contribution in [0, 0.1) is 0 Å². The molecule has 0 bridgehead atoms. The zero-order valence-corrected chi connectivity index (χ0v) is 13.9. The number of rotatable bonds is 4. The Kier molecular flexibility index (Phi) is 5.90. The Labute approximate surface area is 152 Å². The van der Waals surface area contributed by atoms with Crippen molar-refractivity contribution in [3.63, 3.8) is 0 Å². The van der Waals surface area contributed by atoms with Crippen molar-refractivity contribution in [3.8, 4) is 5.75 Å². The molecule has 2 rings (SSSR count). The molecule has 1 aromatic carbocycles. The number of ether oxygens (including phenoxy) is 3. The molecule has 0 saturated carbocycles. The Balaban J connectivity index is 2.20. The van der Waals surface area contributed by atoms with Crippen LogP contribution in [-0.2, 0) is 14.3 Å². The molecule has 0 aliphatic carbocycles. The highest BCUT2D eigenvalue weighted by molar-refractivity contribution is 5.97. The van der Waals surface area contributed by atoms with Crippen molar-refractivity contribution in [1.82, 2.24) is 4.90 Å². The molecule has 0 spiro atoms. The van der Waals surface area contributed by atoms with Gasteiger partial charge in [0.2, 0.25) is 0 Å². The van der Waals surface area contributed by atoms with Crippen molar-refractivity contribution in [2.24, 2.45) is 0 Å². The molecular weight excluding hydrogens is 407 g/mol. The molecule has 156 valence electrons. The third kappa shape index (κ3) is 3.90. The average molecular weight is 419 g/mol. The van der Waals surface area contributed by atoms with Gasteiger partial charge in [0, 0.05) is 7.05 Å². The summed E-state index contributed by atoms with van der Waals surface area (Å²) in [5.74, 6) is -16.4. The SMILES string of the molecule is CN(C(=O)Oc1ccccc1C1OCCO1)C(=O)C(F)(F)C(F)(F)C(F)(F)F. The van der Waals surface area contributed by atoms with Crippen LogP contribution in [0.25, 0.3) is 0 Å². The standard InChI is InChI=1S/C15H12F7NO5/c1-23(11(24)13(16,17)14(18,19)15(20,21)22)12(25)28-9-5-3-2-4-8(9)10-26-6-7-27-10/h2-5,10H,6-7H2,1H3. The van der Waals surface area contributed by atoms with Gasteiger partial charge in [-0.3, -0.25) is 4.79 Å². The van der Waals surface area contributed by atoms with Crippen molar-refractivity contribution in [3.05, 3.63) is 29.8 Å². The highest BCUT2D eigenvalue weighted by Crippen LogP contribution is 2.47. The van der Waals surface area contributed by atoms with E-state index in [2.05, 4.69) is 4.74 Å². The number of hydrogen-bond donors (Lipinski definition) is 0. The van der Waals surface area contributed by atoms with Gasteiger partial charge in [-0.2, -0.15) is 30.7 Å². The predicted octanol–water partition coefficient (Wildman–Crippen LogP) is 3.52. The molecule has 1 aliphatic heterocycles. The fourth-order valence-electron chi connectivity index (χ4n) is 2.07. The van der Waals surface area contributed by atoms with Gasteiger partial charge in [-0.05, 0) is 6.07 Å². The number of carbonyl (C=O) groups is 2. The number of alkyl halides is 7. The highest BCUT2D eigenvalue weighted by atomic mass is 19.4. The first-order valence-electron chi connectivity index (χ1n) is 7.45. The number of amides is 2. The normalized spacial score (nSPS) is 16.1. The second kappa shape index (κ2) is 7.54. The summed E-state index contributed by atoms with van der Waals surface area (Å²) in [6.07, 6.45) is -9.62. The lowest BCUT2D eigenvalue weighted by atomic mass is 10.1. The van der Waals surface area contributed by atoms with E-state index in [1.54, 1.807) is 0 Å². The van der Waals surface area contributed by atoms with E-state index in [9.17, 15) is 40.3 Å². The summed E-state index contributed by atoms with van der Waals surface area (Å²) in [7, 11) is 0.274. The van der Waals surface area contributed by atoms with Gasteiger partial charge in [0.25, 0.3) is 0 Å². The minimum absolute atomic E-state index is 0.113. The quantitative estimate of drug-likeness (QED) is 0.699. The lowest BCUT2D eigenvalue weighted by molar-refractivity contribution is -0.345. The maximum Gasteiger partial charge on any atom is 0.460 e. The van der Waals surface area contributed by atoms with Gasteiger partial charge in [0.05, 0.1) is 18.8 Å². The molecule has 13 heteroatoms. The largest absolute Gasteiger partial charge is 0.460 e. The fourth-order valence-corrected chi connectivity index (χ4v) is 2.07. The van der Waals surface area contributed by atoms with Gasteiger partial charge < -0.3 is 14.2 Å². The van der Waals surface area contributed by atoms with Gasteiger partial charge in [-0.1, -0.05) is 18.2 Å². The molecule has 1 saturated heterocycles. The molecule has 2 amide bonds. The molecule has 0 aromatic heterocycles.